The number of rotatable bonds is 6. The molecule has 1 aromatic rings. The molecule has 0 radical (unpaired) electrons. The van der Waals surface area contributed by atoms with E-state index < -0.39 is 0 Å². The topological polar surface area (TPSA) is 12.0 Å². The van der Waals surface area contributed by atoms with E-state index in [2.05, 4.69) is 60.2 Å². The quantitative estimate of drug-likeness (QED) is 0.727. The highest BCUT2D eigenvalue weighted by atomic mass is 79.9. The van der Waals surface area contributed by atoms with Gasteiger partial charge in [-0.25, -0.2) is 0 Å². The minimum Gasteiger partial charge on any atom is -0.312 e. The summed E-state index contributed by atoms with van der Waals surface area (Å²) < 4.78 is 1.22. The third-order valence-corrected chi connectivity index (χ3v) is 5.43. The van der Waals surface area contributed by atoms with Gasteiger partial charge >= 0.3 is 0 Å². The average Bonchev–Trinajstić information content (AvgIpc) is 2.81. The largest absolute Gasteiger partial charge is 0.312 e. The van der Waals surface area contributed by atoms with Crippen molar-refractivity contribution in [1.29, 1.82) is 0 Å². The molecule has 2 rings (SSSR count). The molecule has 1 nitrogen and oxygen atoms in total. The first-order valence-corrected chi connectivity index (χ1v) is 8.76. The summed E-state index contributed by atoms with van der Waals surface area (Å²) in [7, 11) is 0. The fourth-order valence-corrected chi connectivity index (χ4v) is 4.09. The second kappa shape index (κ2) is 7.09. The molecule has 0 aromatic heterocycles. The number of aryl methyl sites for hydroxylation is 1. The van der Waals surface area contributed by atoms with Crippen molar-refractivity contribution in [3.05, 3.63) is 33.8 Å². The molecule has 1 fully saturated rings. The average molecular weight is 338 g/mol. The molecule has 112 valence electrons. The van der Waals surface area contributed by atoms with Gasteiger partial charge in [0.05, 0.1) is 0 Å². The van der Waals surface area contributed by atoms with Crippen molar-refractivity contribution >= 4 is 15.9 Å². The van der Waals surface area contributed by atoms with E-state index in [1.54, 1.807) is 0 Å². The second-order valence-electron chi connectivity index (χ2n) is 6.99. The van der Waals surface area contributed by atoms with Crippen molar-refractivity contribution in [3.63, 3.8) is 0 Å². The van der Waals surface area contributed by atoms with Gasteiger partial charge in [0.1, 0.15) is 0 Å². The van der Waals surface area contributed by atoms with Crippen LogP contribution in [0.5, 0.6) is 0 Å². The lowest BCUT2D eigenvalue weighted by molar-refractivity contribution is 0.223. The number of halogens is 1. The molecule has 0 amide bonds. The van der Waals surface area contributed by atoms with Gasteiger partial charge in [-0.15, -0.1) is 0 Å². The van der Waals surface area contributed by atoms with Crippen LogP contribution in [0.3, 0.4) is 0 Å². The van der Waals surface area contributed by atoms with E-state index in [4.69, 9.17) is 0 Å². The summed E-state index contributed by atoms with van der Waals surface area (Å²) in [6, 6.07) is 6.67. The normalized spacial score (nSPS) is 17.9. The first kappa shape index (κ1) is 16.0. The van der Waals surface area contributed by atoms with Gasteiger partial charge in [0.15, 0.2) is 0 Å². The highest BCUT2D eigenvalue weighted by Gasteiger charge is 2.33. The fraction of sp³-hybridized carbons (Fsp3) is 0.667. The van der Waals surface area contributed by atoms with Crippen LogP contribution in [0.4, 0.5) is 0 Å². The lowest BCUT2D eigenvalue weighted by Gasteiger charge is -2.31. The molecule has 1 N–H and O–H groups in total. The van der Waals surface area contributed by atoms with Crippen molar-refractivity contribution < 1.29 is 0 Å². The third-order valence-electron chi connectivity index (χ3n) is 4.57. The van der Waals surface area contributed by atoms with Crippen LogP contribution in [0.15, 0.2) is 22.7 Å². The van der Waals surface area contributed by atoms with Crippen LogP contribution in [0, 0.1) is 18.3 Å². The third kappa shape index (κ3) is 4.33. The molecule has 1 aliphatic carbocycles. The maximum Gasteiger partial charge on any atom is 0.0207 e. The first-order chi connectivity index (χ1) is 9.51. The second-order valence-corrected chi connectivity index (χ2v) is 7.85. The van der Waals surface area contributed by atoms with Crippen LogP contribution in [0.25, 0.3) is 0 Å². The van der Waals surface area contributed by atoms with Crippen LogP contribution in [0.1, 0.15) is 57.1 Å². The number of hydrogen-bond acceptors (Lipinski definition) is 1. The molecule has 0 saturated heterocycles. The highest BCUT2D eigenvalue weighted by Crippen LogP contribution is 2.42. The molecule has 0 spiro atoms. The standard InChI is InChI=1S/C18H28BrN/c1-14(2)11-18(8-4-5-9-18)13-20-12-16-7-6-15(3)17(19)10-16/h6-7,10,14,20H,4-5,8-9,11-13H2,1-3H3. The van der Waals surface area contributed by atoms with Crippen LogP contribution in [-0.4, -0.2) is 6.54 Å². The van der Waals surface area contributed by atoms with Gasteiger partial charge in [0.25, 0.3) is 0 Å². The zero-order valence-corrected chi connectivity index (χ0v) is 14.7. The summed E-state index contributed by atoms with van der Waals surface area (Å²) in [5, 5.41) is 3.72. The Morgan fingerprint density at radius 3 is 2.55 bits per heavy atom. The zero-order valence-electron chi connectivity index (χ0n) is 13.1. The molecular weight excluding hydrogens is 310 g/mol. The summed E-state index contributed by atoms with van der Waals surface area (Å²) in [4.78, 5) is 0. The van der Waals surface area contributed by atoms with Crippen LogP contribution in [-0.2, 0) is 6.54 Å². The fourth-order valence-electron chi connectivity index (χ4n) is 3.66. The van der Waals surface area contributed by atoms with Gasteiger partial charge in [0.2, 0.25) is 0 Å². The van der Waals surface area contributed by atoms with Gasteiger partial charge in [-0.3, -0.25) is 0 Å². The summed E-state index contributed by atoms with van der Waals surface area (Å²) in [6.45, 7) is 9.02. The lowest BCUT2D eigenvalue weighted by atomic mass is 9.78. The minimum absolute atomic E-state index is 0.566. The summed E-state index contributed by atoms with van der Waals surface area (Å²) >= 11 is 3.62. The van der Waals surface area contributed by atoms with Crippen LogP contribution in [0.2, 0.25) is 0 Å². The molecule has 20 heavy (non-hydrogen) atoms. The molecule has 1 aliphatic rings. The summed E-state index contributed by atoms with van der Waals surface area (Å²) in [5.41, 5.74) is 3.25. The zero-order chi connectivity index (χ0) is 14.6. The van der Waals surface area contributed by atoms with E-state index >= 15 is 0 Å². The Morgan fingerprint density at radius 2 is 1.95 bits per heavy atom. The summed E-state index contributed by atoms with van der Waals surface area (Å²) in [5.74, 6) is 0.809. The van der Waals surface area contributed by atoms with Gasteiger partial charge in [0, 0.05) is 17.6 Å². The Morgan fingerprint density at radius 1 is 1.25 bits per heavy atom. The molecule has 0 bridgehead atoms. The predicted octanol–water partition coefficient (Wildman–Crippen LogP) is 5.45. The van der Waals surface area contributed by atoms with Gasteiger partial charge in [-0.2, -0.15) is 0 Å². The Kier molecular flexibility index (Phi) is 5.68. The summed E-state index contributed by atoms with van der Waals surface area (Å²) in [6.07, 6.45) is 7.04. The first-order valence-electron chi connectivity index (χ1n) is 7.96. The SMILES string of the molecule is Cc1ccc(CNCC2(CC(C)C)CCCC2)cc1Br. The van der Waals surface area contributed by atoms with Gasteiger partial charge < -0.3 is 5.32 Å². The van der Waals surface area contributed by atoms with Crippen molar-refractivity contribution in [2.24, 2.45) is 11.3 Å². The molecule has 0 aliphatic heterocycles. The van der Waals surface area contributed by atoms with E-state index in [-0.39, 0.29) is 0 Å². The maximum absolute atomic E-state index is 3.72. The minimum atomic E-state index is 0.566. The van der Waals surface area contributed by atoms with E-state index in [0.29, 0.717) is 5.41 Å². The number of benzene rings is 1. The Bertz CT molecular complexity index is 433. The number of hydrogen-bond donors (Lipinski definition) is 1. The maximum atomic E-state index is 3.72. The molecule has 0 heterocycles. The number of nitrogens with one attached hydrogen (secondary N) is 1. The van der Waals surface area contributed by atoms with E-state index in [9.17, 15) is 0 Å². The molecule has 1 saturated carbocycles. The smallest absolute Gasteiger partial charge is 0.0207 e. The molecule has 0 unspecified atom stereocenters. The van der Waals surface area contributed by atoms with Gasteiger partial charge in [-0.05, 0) is 54.7 Å². The molecular formula is C18H28BrN. The molecule has 0 atom stereocenters. The van der Waals surface area contributed by atoms with Gasteiger partial charge in [-0.1, -0.05) is 54.8 Å². The van der Waals surface area contributed by atoms with Crippen molar-refractivity contribution in [2.75, 3.05) is 6.54 Å². The molecule has 2 heteroatoms. The Balaban J connectivity index is 1.88. The van der Waals surface area contributed by atoms with Crippen LogP contribution >= 0.6 is 15.9 Å². The van der Waals surface area contributed by atoms with Crippen molar-refractivity contribution in [2.45, 2.75) is 59.4 Å². The van der Waals surface area contributed by atoms with Crippen LogP contribution < -0.4 is 5.32 Å². The van der Waals surface area contributed by atoms with E-state index in [1.807, 2.05) is 0 Å². The monoisotopic (exact) mass is 337 g/mol. The lowest BCUT2D eigenvalue weighted by Crippen LogP contribution is -2.33. The predicted molar refractivity (Wildman–Crippen MR) is 90.9 cm³/mol. The van der Waals surface area contributed by atoms with E-state index in [0.717, 1.165) is 12.5 Å². The Hall–Kier alpha value is -0.340. The Labute approximate surface area is 132 Å². The van der Waals surface area contributed by atoms with Crippen molar-refractivity contribution in [3.8, 4) is 0 Å². The van der Waals surface area contributed by atoms with E-state index in [1.165, 1.54) is 54.2 Å². The highest BCUT2D eigenvalue weighted by molar-refractivity contribution is 9.10. The molecule has 1 aromatic carbocycles. The van der Waals surface area contributed by atoms with Crippen molar-refractivity contribution in [1.82, 2.24) is 5.32 Å².